The minimum atomic E-state index is -2.07. The highest BCUT2D eigenvalue weighted by atomic mass is 28.4. The molecule has 4 atom stereocenters. The zero-order valence-electron chi connectivity index (χ0n) is 25.7. The van der Waals surface area contributed by atoms with E-state index in [1.165, 1.54) is 90.3 Å². The first-order valence-electron chi connectivity index (χ1n) is 15.1. The Balaban J connectivity index is 0.000000317. The van der Waals surface area contributed by atoms with Crippen LogP contribution in [0, 0.1) is 17.8 Å². The molecule has 0 aromatic rings. The summed E-state index contributed by atoms with van der Waals surface area (Å²) in [6.45, 7) is 15.9. The third-order valence-electron chi connectivity index (χ3n) is 9.15. The Bertz CT molecular complexity index is 560. The first kappa shape index (κ1) is 34.2. The van der Waals surface area contributed by atoms with Crippen molar-refractivity contribution < 1.29 is 17.7 Å². The average molecular weight is 547 g/mol. The molecule has 4 unspecified atom stereocenters. The quantitative estimate of drug-likeness (QED) is 0.337. The number of fused-ring (bicyclic) bond motifs is 2. The maximum atomic E-state index is 5.72. The molecule has 216 valence electrons. The first-order valence-corrected chi connectivity index (χ1v) is 19.7. The number of piperidine rings is 2. The zero-order valence-corrected chi connectivity index (χ0v) is 27.7. The lowest BCUT2D eigenvalue weighted by Gasteiger charge is -2.49. The van der Waals surface area contributed by atoms with Gasteiger partial charge in [-0.3, -0.25) is 9.13 Å². The second-order valence-corrected chi connectivity index (χ2v) is 17.0. The van der Waals surface area contributed by atoms with Crippen molar-refractivity contribution in [3.05, 3.63) is 0 Å². The van der Waals surface area contributed by atoms with Crippen molar-refractivity contribution in [1.29, 1.82) is 0 Å². The molecule has 6 nitrogen and oxygen atoms in total. The maximum absolute atomic E-state index is 5.72. The number of hydrogen-bond acceptors (Lipinski definition) is 6. The smallest absolute Gasteiger partial charge is 0.386 e. The molecule has 0 spiro atoms. The number of rotatable bonds is 6. The molecule has 0 aromatic heterocycles. The fourth-order valence-corrected chi connectivity index (χ4v) is 10.7. The van der Waals surface area contributed by atoms with Crippen LogP contribution in [0.4, 0.5) is 0 Å². The molecule has 0 aromatic carbocycles. The fourth-order valence-electron chi connectivity index (χ4n) is 6.76. The van der Waals surface area contributed by atoms with E-state index >= 15 is 0 Å². The van der Waals surface area contributed by atoms with Crippen molar-refractivity contribution in [2.24, 2.45) is 17.8 Å². The average Bonchev–Trinajstić information content (AvgIpc) is 2.98. The van der Waals surface area contributed by atoms with Crippen LogP contribution in [0.5, 0.6) is 0 Å². The van der Waals surface area contributed by atoms with Gasteiger partial charge in [0.25, 0.3) is 0 Å². The van der Waals surface area contributed by atoms with E-state index in [0.717, 1.165) is 23.8 Å². The molecule has 2 aliphatic carbocycles. The molecule has 0 bridgehead atoms. The molecule has 0 N–H and O–H groups in total. The lowest BCUT2D eigenvalue weighted by atomic mass is 9.76. The highest BCUT2D eigenvalue weighted by Gasteiger charge is 2.46. The predicted octanol–water partition coefficient (Wildman–Crippen LogP) is 6.91. The van der Waals surface area contributed by atoms with Gasteiger partial charge in [-0.2, -0.15) is 0 Å². The van der Waals surface area contributed by atoms with Crippen molar-refractivity contribution in [1.82, 2.24) is 9.13 Å². The molecule has 2 saturated heterocycles. The first-order chi connectivity index (χ1) is 17.4. The molecule has 36 heavy (non-hydrogen) atoms. The lowest BCUT2D eigenvalue weighted by Crippen LogP contribution is -2.63. The van der Waals surface area contributed by atoms with Crippen LogP contribution in [-0.4, -0.2) is 80.7 Å². The molecular weight excluding hydrogens is 484 g/mol. The fraction of sp³-hybridized carbons (Fsp3) is 1.00. The van der Waals surface area contributed by atoms with E-state index in [4.69, 9.17) is 17.7 Å². The van der Waals surface area contributed by atoms with E-state index in [1.54, 1.807) is 14.2 Å². The normalized spacial score (nSPS) is 29.2. The van der Waals surface area contributed by atoms with Crippen LogP contribution in [0.3, 0.4) is 0 Å². The van der Waals surface area contributed by atoms with Crippen LogP contribution >= 0.6 is 0 Å². The summed E-state index contributed by atoms with van der Waals surface area (Å²) in [6, 6.07) is 0.735. The summed E-state index contributed by atoms with van der Waals surface area (Å²) in [4.78, 5) is 0. The van der Waals surface area contributed by atoms with E-state index in [-0.39, 0.29) is 0 Å². The van der Waals surface area contributed by atoms with Gasteiger partial charge < -0.3 is 17.7 Å². The summed E-state index contributed by atoms with van der Waals surface area (Å²) < 4.78 is 27.8. The summed E-state index contributed by atoms with van der Waals surface area (Å²) in [7, 11) is 3.09. The monoisotopic (exact) mass is 546 g/mol. The highest BCUT2D eigenvalue weighted by Crippen LogP contribution is 2.38. The zero-order chi connectivity index (χ0) is 27.2. The standard InChI is InChI=1S/2C12H25NO2Si.2C2H6/c1-14-16(3,15-2)13-10-6-8-11-7-4-5-9-12(11)13;1-14-16(3,15-2)13-9-8-11-6-4-5-7-12(11)10-13;2*1-2/h2*11-12H,4-10H2,1-3H3;2*1-2H3. The van der Waals surface area contributed by atoms with Crippen molar-refractivity contribution in [3.63, 3.8) is 0 Å². The van der Waals surface area contributed by atoms with Gasteiger partial charge in [0.1, 0.15) is 0 Å². The number of nitrogens with zero attached hydrogens (tertiary/aromatic N) is 2. The van der Waals surface area contributed by atoms with E-state index in [0.29, 0.717) is 0 Å². The minimum Gasteiger partial charge on any atom is -0.386 e. The minimum absolute atomic E-state index is 0.735. The second kappa shape index (κ2) is 17.7. The molecule has 4 fully saturated rings. The van der Waals surface area contributed by atoms with Crippen LogP contribution in [0.25, 0.3) is 0 Å². The van der Waals surface area contributed by atoms with Gasteiger partial charge in [-0.05, 0) is 89.0 Å². The van der Waals surface area contributed by atoms with Crippen LogP contribution in [0.1, 0.15) is 98.3 Å². The van der Waals surface area contributed by atoms with Crippen molar-refractivity contribution in [3.8, 4) is 0 Å². The SMILES string of the molecule is CC.CC.CO[Si](C)(OC)N1CCC2CCCCC2C1.CO[Si](C)(OC)N1CCCC2CCCCC21. The largest absolute Gasteiger partial charge is 0.424 e. The molecule has 4 rings (SSSR count). The van der Waals surface area contributed by atoms with Gasteiger partial charge in [-0.15, -0.1) is 0 Å². The third kappa shape index (κ3) is 8.86. The van der Waals surface area contributed by atoms with E-state index in [1.807, 2.05) is 41.9 Å². The molecule has 8 heteroatoms. The topological polar surface area (TPSA) is 43.4 Å². The van der Waals surface area contributed by atoms with Gasteiger partial charge in [0.05, 0.1) is 0 Å². The Morgan fingerprint density at radius 1 is 0.528 bits per heavy atom. The van der Waals surface area contributed by atoms with E-state index < -0.39 is 17.4 Å². The Kier molecular flexibility index (Phi) is 16.8. The van der Waals surface area contributed by atoms with E-state index in [9.17, 15) is 0 Å². The highest BCUT2D eigenvalue weighted by molar-refractivity contribution is 6.63. The third-order valence-corrected chi connectivity index (χ3v) is 15.3. The van der Waals surface area contributed by atoms with Gasteiger partial charge in [-0.1, -0.05) is 59.8 Å². The summed E-state index contributed by atoms with van der Waals surface area (Å²) in [6.07, 6.45) is 15.4. The summed E-state index contributed by atoms with van der Waals surface area (Å²) in [5.41, 5.74) is 0. The summed E-state index contributed by atoms with van der Waals surface area (Å²) in [5, 5.41) is 0. The maximum Gasteiger partial charge on any atom is 0.424 e. The van der Waals surface area contributed by atoms with Gasteiger partial charge in [0.2, 0.25) is 0 Å². The molecule has 2 aliphatic heterocycles. The second-order valence-electron chi connectivity index (χ2n) is 10.6. The van der Waals surface area contributed by atoms with Gasteiger partial charge >= 0.3 is 17.4 Å². The van der Waals surface area contributed by atoms with Crippen LogP contribution < -0.4 is 0 Å². The van der Waals surface area contributed by atoms with Gasteiger partial charge in [0, 0.05) is 34.5 Å². The molecule has 0 radical (unpaired) electrons. The van der Waals surface area contributed by atoms with Gasteiger partial charge in [-0.25, -0.2) is 0 Å². The van der Waals surface area contributed by atoms with Gasteiger partial charge in [0.15, 0.2) is 0 Å². The van der Waals surface area contributed by atoms with Crippen LogP contribution in [-0.2, 0) is 17.7 Å². The predicted molar refractivity (Wildman–Crippen MR) is 157 cm³/mol. The molecule has 2 saturated carbocycles. The van der Waals surface area contributed by atoms with Crippen molar-refractivity contribution in [2.75, 3.05) is 48.1 Å². The van der Waals surface area contributed by atoms with Crippen LogP contribution in [0.15, 0.2) is 0 Å². The Hall–Kier alpha value is 0.194. The molecule has 0 amide bonds. The Labute approximate surface area is 227 Å². The molecule has 2 heterocycles. The van der Waals surface area contributed by atoms with E-state index in [2.05, 4.69) is 22.2 Å². The Morgan fingerprint density at radius 3 is 1.56 bits per heavy atom. The summed E-state index contributed by atoms with van der Waals surface area (Å²) >= 11 is 0. The lowest BCUT2D eigenvalue weighted by molar-refractivity contribution is 0.0636. The van der Waals surface area contributed by atoms with Crippen molar-refractivity contribution >= 4 is 17.4 Å². The van der Waals surface area contributed by atoms with Crippen LogP contribution in [0.2, 0.25) is 13.1 Å². The summed E-state index contributed by atoms with van der Waals surface area (Å²) in [5.74, 6) is 2.79. The number of hydrogen-bond donors (Lipinski definition) is 0. The molecule has 4 aliphatic rings. The van der Waals surface area contributed by atoms with Crippen molar-refractivity contribution in [2.45, 2.75) is 117 Å². The Morgan fingerprint density at radius 2 is 1.00 bits per heavy atom. The molecular formula is C28H62N2O4Si2.